The number of nitrogens with zero attached hydrogens (tertiary/aromatic N) is 2. The lowest BCUT2D eigenvalue weighted by Gasteiger charge is -2.11. The Balaban J connectivity index is 2.20. The molecule has 0 radical (unpaired) electrons. The van der Waals surface area contributed by atoms with Crippen LogP contribution in [0.15, 0.2) is 47.7 Å². The highest BCUT2D eigenvalue weighted by atomic mass is 35.5. The second kappa shape index (κ2) is 4.55. The number of aromatic nitrogens is 1. The van der Waals surface area contributed by atoms with E-state index in [1.165, 1.54) is 0 Å². The molecule has 1 aliphatic heterocycles. The Hall–Kier alpha value is -1.65. The van der Waals surface area contributed by atoms with Gasteiger partial charge in [-0.25, -0.2) is 0 Å². The van der Waals surface area contributed by atoms with Crippen LogP contribution in [0.4, 0.5) is 5.69 Å². The summed E-state index contributed by atoms with van der Waals surface area (Å²) in [5.74, 6) is 0.852. The monoisotopic (exact) mass is 275 g/mol. The zero-order chi connectivity index (χ0) is 12.5. The number of aliphatic imine (C=N–C) groups is 1. The molecule has 0 unspecified atom stereocenters. The molecule has 2 aromatic rings. The molecule has 0 atom stereocenters. The predicted octanol–water partition coefficient (Wildman–Crippen LogP) is 3.19. The van der Waals surface area contributed by atoms with Crippen molar-refractivity contribution >= 4 is 40.3 Å². The summed E-state index contributed by atoms with van der Waals surface area (Å²) in [6.45, 7) is 0.481. The average molecular weight is 276 g/mol. The number of hydrogen-bond donors (Lipinski definition) is 1. The van der Waals surface area contributed by atoms with E-state index in [9.17, 15) is 0 Å². The van der Waals surface area contributed by atoms with Crippen molar-refractivity contribution in [2.45, 2.75) is 0 Å². The Kier molecular flexibility index (Phi) is 2.89. The number of benzodiazepines with no additional fused rings is 1. The number of nitrogens with one attached hydrogen (secondary N) is 1. The van der Waals surface area contributed by atoms with E-state index in [4.69, 9.17) is 23.8 Å². The predicted molar refractivity (Wildman–Crippen MR) is 78.9 cm³/mol. The summed E-state index contributed by atoms with van der Waals surface area (Å²) >= 11 is 11.3. The SMILES string of the molecule is S=C1CN=C(n2cccc2)c2cc(Cl)ccc2N1. The van der Waals surface area contributed by atoms with Gasteiger partial charge >= 0.3 is 0 Å². The molecule has 1 aliphatic rings. The lowest BCUT2D eigenvalue weighted by atomic mass is 10.1. The van der Waals surface area contributed by atoms with Crippen LogP contribution < -0.4 is 5.32 Å². The van der Waals surface area contributed by atoms with Crippen LogP contribution in [0.2, 0.25) is 5.02 Å². The van der Waals surface area contributed by atoms with Crippen molar-refractivity contribution in [3.8, 4) is 0 Å². The number of halogens is 1. The Bertz CT molecular complexity index is 632. The van der Waals surface area contributed by atoms with Gasteiger partial charge in [0, 0.05) is 23.0 Å². The van der Waals surface area contributed by atoms with Gasteiger partial charge in [-0.05, 0) is 30.3 Å². The summed E-state index contributed by atoms with van der Waals surface area (Å²) in [5.41, 5.74) is 1.90. The highest BCUT2D eigenvalue weighted by Gasteiger charge is 2.16. The van der Waals surface area contributed by atoms with E-state index in [1.807, 2.05) is 47.3 Å². The molecule has 0 bridgehead atoms. The maximum Gasteiger partial charge on any atom is 0.141 e. The van der Waals surface area contributed by atoms with Gasteiger partial charge in [0.1, 0.15) is 10.8 Å². The number of rotatable bonds is 0. The van der Waals surface area contributed by atoms with Crippen LogP contribution in [0.1, 0.15) is 5.56 Å². The molecule has 18 heavy (non-hydrogen) atoms. The minimum Gasteiger partial charge on any atom is -0.348 e. The third-order valence-electron chi connectivity index (χ3n) is 2.72. The second-order valence-corrected chi connectivity index (χ2v) is 4.90. The minimum atomic E-state index is 0.481. The van der Waals surface area contributed by atoms with Crippen LogP contribution >= 0.6 is 23.8 Å². The molecule has 1 aromatic carbocycles. The molecule has 0 spiro atoms. The van der Waals surface area contributed by atoms with E-state index >= 15 is 0 Å². The van der Waals surface area contributed by atoms with Gasteiger partial charge in [0.2, 0.25) is 0 Å². The van der Waals surface area contributed by atoms with Crippen molar-refractivity contribution in [2.24, 2.45) is 4.99 Å². The molecule has 0 saturated heterocycles. The fourth-order valence-corrected chi connectivity index (χ4v) is 2.28. The van der Waals surface area contributed by atoms with E-state index in [0.29, 0.717) is 16.6 Å². The summed E-state index contributed by atoms with van der Waals surface area (Å²) in [5, 5.41) is 3.87. The first-order valence-electron chi connectivity index (χ1n) is 5.51. The van der Waals surface area contributed by atoms with Gasteiger partial charge in [0.05, 0.1) is 12.2 Å². The summed E-state index contributed by atoms with van der Waals surface area (Å²) in [4.78, 5) is 5.26. The number of benzene rings is 1. The summed E-state index contributed by atoms with van der Waals surface area (Å²) in [6, 6.07) is 9.59. The van der Waals surface area contributed by atoms with E-state index < -0.39 is 0 Å². The number of thiocarbonyl (C=S) groups is 1. The Labute approximate surface area is 115 Å². The molecule has 3 rings (SSSR count). The van der Waals surface area contributed by atoms with Crippen LogP contribution in [-0.4, -0.2) is 21.9 Å². The van der Waals surface area contributed by atoms with Crippen LogP contribution in [0.3, 0.4) is 0 Å². The van der Waals surface area contributed by atoms with Gasteiger partial charge in [-0.3, -0.25) is 4.99 Å². The second-order valence-electron chi connectivity index (χ2n) is 3.97. The Morgan fingerprint density at radius 3 is 2.83 bits per heavy atom. The molecule has 5 heteroatoms. The molecular weight excluding hydrogens is 266 g/mol. The third-order valence-corrected chi connectivity index (χ3v) is 3.18. The highest BCUT2D eigenvalue weighted by molar-refractivity contribution is 7.80. The van der Waals surface area contributed by atoms with Gasteiger partial charge in [-0.15, -0.1) is 0 Å². The number of fused-ring (bicyclic) bond motifs is 1. The molecule has 0 amide bonds. The molecule has 3 nitrogen and oxygen atoms in total. The minimum absolute atomic E-state index is 0.481. The number of hydrogen-bond acceptors (Lipinski definition) is 2. The summed E-state index contributed by atoms with van der Waals surface area (Å²) in [7, 11) is 0. The quantitative estimate of drug-likeness (QED) is 0.748. The van der Waals surface area contributed by atoms with E-state index in [0.717, 1.165) is 17.1 Å². The molecule has 90 valence electrons. The van der Waals surface area contributed by atoms with Gasteiger partial charge in [-0.1, -0.05) is 23.8 Å². The first-order chi connectivity index (χ1) is 8.74. The fraction of sp³-hybridized carbons (Fsp3) is 0.0769. The summed E-state index contributed by atoms with van der Waals surface area (Å²) in [6.07, 6.45) is 3.91. The molecular formula is C13H10ClN3S. The molecule has 0 saturated carbocycles. The molecule has 1 N–H and O–H groups in total. The van der Waals surface area contributed by atoms with Gasteiger partial charge in [-0.2, -0.15) is 0 Å². The Morgan fingerprint density at radius 2 is 2.06 bits per heavy atom. The van der Waals surface area contributed by atoms with Crippen LogP contribution in [0.25, 0.3) is 0 Å². The van der Waals surface area contributed by atoms with Gasteiger partial charge in [0.25, 0.3) is 0 Å². The van der Waals surface area contributed by atoms with Crippen molar-refractivity contribution < 1.29 is 0 Å². The fourth-order valence-electron chi connectivity index (χ4n) is 1.93. The van der Waals surface area contributed by atoms with E-state index in [2.05, 4.69) is 10.3 Å². The maximum absolute atomic E-state index is 6.07. The number of anilines is 1. The van der Waals surface area contributed by atoms with E-state index in [-0.39, 0.29) is 0 Å². The molecule has 0 fully saturated rings. The zero-order valence-corrected chi connectivity index (χ0v) is 11.0. The molecule has 2 heterocycles. The maximum atomic E-state index is 6.07. The lowest BCUT2D eigenvalue weighted by molar-refractivity contribution is 1.13. The first kappa shape index (κ1) is 11.4. The normalized spacial score (nSPS) is 14.5. The van der Waals surface area contributed by atoms with Gasteiger partial charge < -0.3 is 9.88 Å². The van der Waals surface area contributed by atoms with Crippen molar-refractivity contribution in [2.75, 3.05) is 11.9 Å². The third kappa shape index (κ3) is 2.05. The van der Waals surface area contributed by atoms with Crippen molar-refractivity contribution in [1.29, 1.82) is 0 Å². The average Bonchev–Trinajstić information content (AvgIpc) is 2.81. The zero-order valence-electron chi connectivity index (χ0n) is 9.43. The highest BCUT2D eigenvalue weighted by Crippen LogP contribution is 2.24. The van der Waals surface area contributed by atoms with Gasteiger partial charge in [0.15, 0.2) is 0 Å². The van der Waals surface area contributed by atoms with Crippen LogP contribution in [-0.2, 0) is 0 Å². The van der Waals surface area contributed by atoms with Crippen LogP contribution in [0, 0.1) is 0 Å². The smallest absolute Gasteiger partial charge is 0.141 e. The van der Waals surface area contributed by atoms with Crippen molar-refractivity contribution in [3.05, 3.63) is 53.3 Å². The molecule has 1 aromatic heterocycles. The van der Waals surface area contributed by atoms with E-state index in [1.54, 1.807) is 0 Å². The largest absolute Gasteiger partial charge is 0.348 e. The Morgan fingerprint density at radius 1 is 1.28 bits per heavy atom. The first-order valence-corrected chi connectivity index (χ1v) is 6.30. The topological polar surface area (TPSA) is 29.3 Å². The van der Waals surface area contributed by atoms with Crippen molar-refractivity contribution in [1.82, 2.24) is 4.57 Å². The summed E-state index contributed by atoms with van der Waals surface area (Å²) < 4.78 is 1.96. The van der Waals surface area contributed by atoms with Crippen LogP contribution in [0.5, 0.6) is 0 Å². The van der Waals surface area contributed by atoms with Crippen molar-refractivity contribution in [3.63, 3.8) is 0 Å². The standard InChI is InChI=1S/C13H10ClN3S/c14-9-3-4-11-10(7-9)13(15-8-12(18)16-11)17-5-1-2-6-17/h1-7H,8H2,(H,16,18). The molecule has 0 aliphatic carbocycles. The lowest BCUT2D eigenvalue weighted by Crippen LogP contribution is -2.12.